The molecular formula is C22H21F7O2. The predicted octanol–water partition coefficient (Wildman–Crippen LogP) is 6.50. The van der Waals surface area contributed by atoms with Crippen molar-refractivity contribution in [2.75, 3.05) is 6.61 Å². The summed E-state index contributed by atoms with van der Waals surface area (Å²) in [6, 6.07) is 6.99. The maximum Gasteiger partial charge on any atom is 0.416 e. The standard InChI is InChI=1S/C22H21F7O2/c1-12(15-8-16(21(24,25)26)10-17(9-15)22(27,28)29)31-19-7-4-14(11-30)20(19)13-2-5-18(23)6-3-13/h2-3,5-6,8-10,12,14,19-20,30H,4,7,11H2,1H3/t12-,14-,19-,20-/m0/s1. The van der Waals surface area contributed by atoms with Gasteiger partial charge < -0.3 is 9.84 Å². The van der Waals surface area contributed by atoms with Crippen LogP contribution in [0.1, 0.15) is 54.0 Å². The molecule has 3 rings (SSSR count). The lowest BCUT2D eigenvalue weighted by Gasteiger charge is -2.28. The highest BCUT2D eigenvalue weighted by Gasteiger charge is 2.40. The van der Waals surface area contributed by atoms with Crippen LogP contribution in [0.2, 0.25) is 0 Å². The summed E-state index contributed by atoms with van der Waals surface area (Å²) in [6.45, 7) is 1.22. The average molecular weight is 450 g/mol. The van der Waals surface area contributed by atoms with Crippen molar-refractivity contribution in [2.24, 2.45) is 5.92 Å². The molecule has 2 aromatic rings. The van der Waals surface area contributed by atoms with Crippen LogP contribution in [0.15, 0.2) is 42.5 Å². The van der Waals surface area contributed by atoms with Gasteiger partial charge in [0.15, 0.2) is 0 Å². The third kappa shape index (κ3) is 5.38. The second-order valence-electron chi connectivity index (χ2n) is 7.75. The molecule has 1 aliphatic rings. The largest absolute Gasteiger partial charge is 0.416 e. The summed E-state index contributed by atoms with van der Waals surface area (Å²) in [5, 5.41) is 9.69. The molecule has 9 heteroatoms. The molecule has 0 radical (unpaired) electrons. The van der Waals surface area contributed by atoms with Crippen molar-refractivity contribution in [1.29, 1.82) is 0 Å². The molecule has 0 aliphatic heterocycles. The van der Waals surface area contributed by atoms with Gasteiger partial charge in [-0.05, 0) is 67.1 Å². The Morgan fingerprint density at radius 1 is 0.935 bits per heavy atom. The lowest BCUT2D eigenvalue weighted by Crippen LogP contribution is -2.24. The lowest BCUT2D eigenvalue weighted by molar-refractivity contribution is -0.143. The fourth-order valence-corrected chi connectivity index (χ4v) is 4.12. The molecule has 1 aliphatic carbocycles. The number of aliphatic hydroxyl groups is 1. The first-order valence-electron chi connectivity index (χ1n) is 9.71. The van der Waals surface area contributed by atoms with Crippen molar-refractivity contribution in [3.8, 4) is 0 Å². The monoisotopic (exact) mass is 450 g/mol. The quantitative estimate of drug-likeness (QED) is 0.528. The first-order chi connectivity index (χ1) is 14.4. The van der Waals surface area contributed by atoms with Crippen LogP contribution in [-0.2, 0) is 17.1 Å². The van der Waals surface area contributed by atoms with Gasteiger partial charge in [0.05, 0.1) is 23.3 Å². The molecule has 0 unspecified atom stereocenters. The number of ether oxygens (including phenoxy) is 1. The van der Waals surface area contributed by atoms with Crippen molar-refractivity contribution in [3.05, 3.63) is 70.5 Å². The molecule has 1 fully saturated rings. The molecular weight excluding hydrogens is 429 g/mol. The third-order valence-electron chi connectivity index (χ3n) is 5.68. The molecule has 1 N–H and O–H groups in total. The van der Waals surface area contributed by atoms with Crippen LogP contribution >= 0.6 is 0 Å². The van der Waals surface area contributed by atoms with Gasteiger partial charge >= 0.3 is 12.4 Å². The zero-order valence-electron chi connectivity index (χ0n) is 16.5. The van der Waals surface area contributed by atoms with Gasteiger partial charge in [0.25, 0.3) is 0 Å². The summed E-state index contributed by atoms with van der Waals surface area (Å²) < 4.78 is 98.1. The van der Waals surface area contributed by atoms with Gasteiger partial charge in [0, 0.05) is 12.5 Å². The van der Waals surface area contributed by atoms with Crippen molar-refractivity contribution >= 4 is 0 Å². The molecule has 0 spiro atoms. The number of aliphatic hydroxyl groups excluding tert-OH is 1. The first kappa shape index (κ1) is 23.5. The molecule has 0 amide bonds. The van der Waals surface area contributed by atoms with Crippen molar-refractivity contribution < 1.29 is 40.6 Å². The van der Waals surface area contributed by atoms with Crippen LogP contribution in [-0.4, -0.2) is 17.8 Å². The fraction of sp³-hybridized carbons (Fsp3) is 0.455. The molecule has 0 saturated heterocycles. The number of hydrogen-bond donors (Lipinski definition) is 1. The van der Waals surface area contributed by atoms with Crippen molar-refractivity contribution in [3.63, 3.8) is 0 Å². The normalized spacial score (nSPS) is 23.2. The molecule has 31 heavy (non-hydrogen) atoms. The van der Waals surface area contributed by atoms with Crippen LogP contribution in [0.5, 0.6) is 0 Å². The van der Waals surface area contributed by atoms with Crippen LogP contribution in [0, 0.1) is 11.7 Å². The topological polar surface area (TPSA) is 29.5 Å². The minimum absolute atomic E-state index is 0.0783. The van der Waals surface area contributed by atoms with E-state index in [0.29, 0.717) is 30.5 Å². The minimum atomic E-state index is -4.94. The Morgan fingerprint density at radius 3 is 1.97 bits per heavy atom. The molecule has 0 aromatic heterocycles. The highest BCUT2D eigenvalue weighted by atomic mass is 19.4. The van der Waals surface area contributed by atoms with Gasteiger partial charge in [-0.1, -0.05) is 12.1 Å². The highest BCUT2D eigenvalue weighted by Crippen LogP contribution is 2.44. The Morgan fingerprint density at radius 2 is 1.48 bits per heavy atom. The minimum Gasteiger partial charge on any atom is -0.396 e. The molecule has 2 aromatic carbocycles. The van der Waals surface area contributed by atoms with Gasteiger partial charge in [-0.3, -0.25) is 0 Å². The Labute approximate surface area is 174 Å². The van der Waals surface area contributed by atoms with E-state index in [4.69, 9.17) is 4.74 Å². The van der Waals surface area contributed by atoms with E-state index in [1.54, 1.807) is 12.1 Å². The van der Waals surface area contributed by atoms with Crippen LogP contribution in [0.25, 0.3) is 0 Å². The van der Waals surface area contributed by atoms with Gasteiger partial charge in [0.2, 0.25) is 0 Å². The van der Waals surface area contributed by atoms with E-state index in [1.807, 2.05) is 0 Å². The summed E-state index contributed by atoms with van der Waals surface area (Å²) in [4.78, 5) is 0. The smallest absolute Gasteiger partial charge is 0.396 e. The number of rotatable bonds is 5. The van der Waals surface area contributed by atoms with Crippen LogP contribution in [0.4, 0.5) is 30.7 Å². The number of hydrogen-bond acceptors (Lipinski definition) is 2. The van der Waals surface area contributed by atoms with Gasteiger partial charge in [-0.25, -0.2) is 4.39 Å². The van der Waals surface area contributed by atoms with E-state index in [-0.39, 0.29) is 30.1 Å². The average Bonchev–Trinajstić information content (AvgIpc) is 3.09. The van der Waals surface area contributed by atoms with Crippen LogP contribution in [0.3, 0.4) is 0 Å². The molecule has 170 valence electrons. The SMILES string of the molecule is C[C@H](O[C@H]1CC[C@@H](CO)[C@@H]1c1ccc(F)cc1)c1cc(C(F)(F)F)cc(C(F)(F)F)c1. The molecule has 2 nitrogen and oxygen atoms in total. The third-order valence-corrected chi connectivity index (χ3v) is 5.68. The maximum absolute atomic E-state index is 13.3. The number of alkyl halides is 6. The van der Waals surface area contributed by atoms with E-state index >= 15 is 0 Å². The zero-order valence-corrected chi connectivity index (χ0v) is 16.5. The van der Waals surface area contributed by atoms with E-state index in [0.717, 1.165) is 0 Å². The van der Waals surface area contributed by atoms with Gasteiger partial charge in [0.1, 0.15) is 5.82 Å². The summed E-state index contributed by atoms with van der Waals surface area (Å²) in [7, 11) is 0. The summed E-state index contributed by atoms with van der Waals surface area (Å²) in [6.07, 6.45) is -10.5. The number of halogens is 7. The van der Waals surface area contributed by atoms with E-state index in [2.05, 4.69) is 0 Å². The van der Waals surface area contributed by atoms with E-state index < -0.39 is 41.5 Å². The zero-order chi connectivity index (χ0) is 23.0. The van der Waals surface area contributed by atoms with Gasteiger partial charge in [-0.15, -0.1) is 0 Å². The first-order valence-corrected chi connectivity index (χ1v) is 9.71. The second kappa shape index (κ2) is 8.78. The van der Waals surface area contributed by atoms with Crippen LogP contribution < -0.4 is 0 Å². The van der Waals surface area contributed by atoms with Gasteiger partial charge in [-0.2, -0.15) is 26.3 Å². The Bertz CT molecular complexity index is 858. The highest BCUT2D eigenvalue weighted by molar-refractivity contribution is 5.35. The van der Waals surface area contributed by atoms with Crippen molar-refractivity contribution in [1.82, 2.24) is 0 Å². The van der Waals surface area contributed by atoms with E-state index in [9.17, 15) is 35.8 Å². The summed E-state index contributed by atoms with van der Waals surface area (Å²) >= 11 is 0. The summed E-state index contributed by atoms with van der Waals surface area (Å²) in [5.41, 5.74) is -2.35. The summed E-state index contributed by atoms with van der Waals surface area (Å²) in [5.74, 6) is -1.02. The molecule has 0 heterocycles. The lowest BCUT2D eigenvalue weighted by atomic mass is 9.88. The number of benzene rings is 2. The Kier molecular flexibility index (Phi) is 6.67. The predicted molar refractivity (Wildman–Crippen MR) is 98.7 cm³/mol. The molecule has 4 atom stereocenters. The molecule has 0 bridgehead atoms. The Hall–Kier alpha value is -2.13. The van der Waals surface area contributed by atoms with Crippen molar-refractivity contribution in [2.45, 2.75) is 50.2 Å². The maximum atomic E-state index is 13.3. The van der Waals surface area contributed by atoms with E-state index in [1.165, 1.54) is 19.1 Å². The Balaban J connectivity index is 1.90. The second-order valence-corrected chi connectivity index (χ2v) is 7.75. The molecule has 1 saturated carbocycles. The fourth-order valence-electron chi connectivity index (χ4n) is 4.12.